The van der Waals surface area contributed by atoms with Crippen LogP contribution in [0.5, 0.6) is 0 Å². The molecule has 1 saturated carbocycles. The van der Waals surface area contributed by atoms with E-state index in [2.05, 4.69) is 44.2 Å². The average molecular weight is 506 g/mol. The van der Waals surface area contributed by atoms with Gasteiger partial charge in [-0.1, -0.05) is 13.8 Å². The van der Waals surface area contributed by atoms with Crippen molar-refractivity contribution in [3.63, 3.8) is 0 Å². The minimum Gasteiger partial charge on any atom is -0.369 e. The Morgan fingerprint density at radius 1 is 1.06 bits per heavy atom. The summed E-state index contributed by atoms with van der Waals surface area (Å²) in [7, 11) is 2.03. The highest BCUT2D eigenvalue weighted by molar-refractivity contribution is 5.65. The topological polar surface area (TPSA) is 59.6 Å². The number of anilines is 4. The molecule has 2 N–H and O–H groups in total. The van der Waals surface area contributed by atoms with Crippen LogP contribution in [0.4, 0.5) is 36.3 Å². The molecule has 7 nitrogen and oxygen atoms in total. The van der Waals surface area contributed by atoms with Crippen LogP contribution in [0.2, 0.25) is 0 Å². The van der Waals surface area contributed by atoms with Gasteiger partial charge in [0.05, 0.1) is 6.20 Å². The Kier molecular flexibility index (Phi) is 8.90. The van der Waals surface area contributed by atoms with Gasteiger partial charge in [-0.3, -0.25) is 0 Å². The number of benzene rings is 1. The molecule has 4 rings (SSSR count). The average Bonchev–Trinajstić information content (AvgIpc) is 2.88. The predicted octanol–water partition coefficient (Wildman–Crippen LogP) is 5.11. The summed E-state index contributed by atoms with van der Waals surface area (Å²) >= 11 is 0. The number of nitrogens with zero attached hydrogens (tertiary/aromatic N) is 5. The molecule has 2 heterocycles. The molecule has 0 atom stereocenters. The number of hydrogen-bond donors (Lipinski definition) is 2. The Morgan fingerprint density at radius 3 is 2.39 bits per heavy atom. The van der Waals surface area contributed by atoms with E-state index < -0.39 is 12.2 Å². The molecule has 1 saturated heterocycles. The molecule has 2 aromatic rings. The zero-order chi connectivity index (χ0) is 25.7. The van der Waals surface area contributed by atoms with E-state index in [1.807, 2.05) is 11.9 Å². The summed E-state index contributed by atoms with van der Waals surface area (Å²) in [6.45, 7) is 9.52. The van der Waals surface area contributed by atoms with Crippen LogP contribution >= 0.6 is 0 Å². The van der Waals surface area contributed by atoms with Crippen molar-refractivity contribution in [2.24, 2.45) is 0 Å². The second-order valence-electron chi connectivity index (χ2n) is 9.75. The summed E-state index contributed by atoms with van der Waals surface area (Å²) in [6, 6.07) is 5.61. The molecular weight excluding hydrogens is 467 g/mol. The van der Waals surface area contributed by atoms with Gasteiger partial charge < -0.3 is 25.3 Å². The van der Waals surface area contributed by atoms with Crippen molar-refractivity contribution in [1.82, 2.24) is 19.8 Å². The van der Waals surface area contributed by atoms with E-state index in [1.54, 1.807) is 12.1 Å². The SMILES string of the molecule is CCN(CC)C1CCC(Nc2nc(Nc3ccc(N4CCN(C)CC4)c(C(F)F)c3)ncc2F)CC1. The number of halogens is 3. The second-order valence-corrected chi connectivity index (χ2v) is 9.75. The molecule has 0 amide bonds. The monoisotopic (exact) mass is 505 g/mol. The lowest BCUT2D eigenvalue weighted by Crippen LogP contribution is -2.44. The molecule has 10 heteroatoms. The zero-order valence-electron chi connectivity index (χ0n) is 21.5. The van der Waals surface area contributed by atoms with Gasteiger partial charge >= 0.3 is 0 Å². The first-order valence-corrected chi connectivity index (χ1v) is 13.0. The lowest BCUT2D eigenvalue weighted by Gasteiger charge is -2.36. The van der Waals surface area contributed by atoms with Crippen LogP contribution in [-0.4, -0.2) is 78.2 Å². The van der Waals surface area contributed by atoms with Crippen LogP contribution in [0.3, 0.4) is 0 Å². The molecule has 2 aliphatic rings. The molecule has 198 valence electrons. The smallest absolute Gasteiger partial charge is 0.265 e. The standard InChI is InChI=1S/C26H38F3N7/c1-4-35(5-2)20-9-6-18(7-10-20)31-25-22(27)17-30-26(33-25)32-19-8-11-23(21(16-19)24(28)29)36-14-12-34(3)13-15-36/h8,11,16-18,20,24H,4-7,9-10,12-15H2,1-3H3,(H2,30,31,32,33). The number of nitrogens with one attached hydrogen (secondary N) is 2. The third-order valence-corrected chi connectivity index (χ3v) is 7.47. The molecule has 0 unspecified atom stereocenters. The van der Waals surface area contributed by atoms with Gasteiger partial charge in [0.25, 0.3) is 6.43 Å². The van der Waals surface area contributed by atoms with Crippen LogP contribution < -0.4 is 15.5 Å². The van der Waals surface area contributed by atoms with E-state index in [0.29, 0.717) is 30.5 Å². The van der Waals surface area contributed by atoms with Gasteiger partial charge in [0.2, 0.25) is 5.95 Å². The first-order chi connectivity index (χ1) is 17.4. The quantitative estimate of drug-likeness (QED) is 0.491. The van der Waals surface area contributed by atoms with Gasteiger partial charge in [-0.15, -0.1) is 0 Å². The van der Waals surface area contributed by atoms with Crippen molar-refractivity contribution in [2.75, 3.05) is 61.8 Å². The van der Waals surface area contributed by atoms with E-state index in [0.717, 1.165) is 58.1 Å². The lowest BCUT2D eigenvalue weighted by atomic mass is 9.90. The Labute approximate surface area is 212 Å². The zero-order valence-corrected chi connectivity index (χ0v) is 21.5. The summed E-state index contributed by atoms with van der Waals surface area (Å²) in [4.78, 5) is 15.0. The minimum atomic E-state index is -2.61. The van der Waals surface area contributed by atoms with Crippen LogP contribution in [-0.2, 0) is 0 Å². The molecule has 0 radical (unpaired) electrons. The van der Waals surface area contributed by atoms with Crippen molar-refractivity contribution in [3.05, 3.63) is 35.8 Å². The van der Waals surface area contributed by atoms with Crippen LogP contribution in [0.15, 0.2) is 24.4 Å². The maximum absolute atomic E-state index is 14.5. The molecule has 1 aromatic carbocycles. The first kappa shape index (κ1) is 26.5. The Morgan fingerprint density at radius 2 is 1.75 bits per heavy atom. The van der Waals surface area contributed by atoms with Gasteiger partial charge in [-0.25, -0.2) is 18.2 Å². The number of hydrogen-bond acceptors (Lipinski definition) is 7. The highest BCUT2D eigenvalue weighted by Crippen LogP contribution is 2.34. The van der Waals surface area contributed by atoms with Crippen molar-refractivity contribution in [3.8, 4) is 0 Å². The largest absolute Gasteiger partial charge is 0.369 e. The Hall–Kier alpha value is -2.59. The number of likely N-dealkylation sites (N-methyl/N-ethyl adjacent to an activating group) is 1. The summed E-state index contributed by atoms with van der Waals surface area (Å²) in [5, 5.41) is 6.22. The van der Waals surface area contributed by atoms with Crippen molar-refractivity contribution >= 4 is 23.1 Å². The van der Waals surface area contributed by atoms with Crippen LogP contribution in [0, 0.1) is 5.82 Å². The lowest BCUT2D eigenvalue weighted by molar-refractivity contribution is 0.151. The third-order valence-electron chi connectivity index (χ3n) is 7.47. The second kappa shape index (κ2) is 12.1. The number of aromatic nitrogens is 2. The molecule has 1 aliphatic heterocycles. The van der Waals surface area contributed by atoms with Crippen molar-refractivity contribution in [1.29, 1.82) is 0 Å². The van der Waals surface area contributed by atoms with E-state index in [-0.39, 0.29) is 23.4 Å². The first-order valence-electron chi connectivity index (χ1n) is 13.0. The third kappa shape index (κ3) is 6.39. The van der Waals surface area contributed by atoms with Gasteiger partial charge in [0.15, 0.2) is 11.6 Å². The Balaban J connectivity index is 1.43. The summed E-state index contributed by atoms with van der Waals surface area (Å²) in [6.07, 6.45) is 2.52. The van der Waals surface area contributed by atoms with E-state index in [1.165, 1.54) is 6.07 Å². The molecule has 0 bridgehead atoms. The molecule has 1 aliphatic carbocycles. The highest BCUT2D eigenvalue weighted by Gasteiger charge is 2.26. The van der Waals surface area contributed by atoms with Gasteiger partial charge in [-0.2, -0.15) is 4.98 Å². The minimum absolute atomic E-state index is 0.0324. The van der Waals surface area contributed by atoms with Crippen LogP contribution in [0.25, 0.3) is 0 Å². The van der Waals surface area contributed by atoms with E-state index in [9.17, 15) is 13.2 Å². The van der Waals surface area contributed by atoms with E-state index >= 15 is 0 Å². The van der Waals surface area contributed by atoms with Gasteiger partial charge in [0, 0.05) is 55.2 Å². The fourth-order valence-electron chi connectivity index (χ4n) is 5.32. The molecule has 0 spiro atoms. The molecular formula is C26H38F3N7. The Bertz CT molecular complexity index is 985. The van der Waals surface area contributed by atoms with Gasteiger partial charge in [0.1, 0.15) is 0 Å². The predicted molar refractivity (Wildman–Crippen MR) is 139 cm³/mol. The fourth-order valence-corrected chi connectivity index (χ4v) is 5.32. The number of rotatable bonds is 9. The molecule has 1 aromatic heterocycles. The summed E-state index contributed by atoms with van der Waals surface area (Å²) < 4.78 is 42.3. The normalized spacial score (nSPS) is 21.3. The van der Waals surface area contributed by atoms with Crippen LogP contribution in [0.1, 0.15) is 51.5 Å². The molecule has 36 heavy (non-hydrogen) atoms. The highest BCUT2D eigenvalue weighted by atomic mass is 19.3. The number of alkyl halides is 2. The molecule has 2 fully saturated rings. The van der Waals surface area contributed by atoms with Gasteiger partial charge in [-0.05, 0) is 64.0 Å². The maximum atomic E-state index is 14.5. The van der Waals surface area contributed by atoms with E-state index in [4.69, 9.17) is 0 Å². The maximum Gasteiger partial charge on any atom is 0.265 e. The summed E-state index contributed by atoms with van der Waals surface area (Å²) in [5.41, 5.74) is 0.960. The number of piperazine rings is 1. The fraction of sp³-hybridized carbons (Fsp3) is 0.615. The van der Waals surface area contributed by atoms with Crippen molar-refractivity contribution in [2.45, 2.75) is 58.0 Å². The van der Waals surface area contributed by atoms with Crippen molar-refractivity contribution < 1.29 is 13.2 Å². The summed E-state index contributed by atoms with van der Waals surface area (Å²) in [5.74, 6) is -0.213.